The van der Waals surface area contributed by atoms with Crippen molar-refractivity contribution in [2.75, 3.05) is 12.3 Å². The molecule has 0 aliphatic heterocycles. The number of carboxylic acid groups (broad SMARTS) is 1. The van der Waals surface area contributed by atoms with Crippen LogP contribution in [0.5, 0.6) is 5.75 Å². The number of carboxylic acids is 1. The molecule has 2 fully saturated rings. The lowest BCUT2D eigenvalue weighted by molar-refractivity contribution is 0.0695. The zero-order valence-electron chi connectivity index (χ0n) is 14.8. The van der Waals surface area contributed by atoms with Crippen molar-refractivity contribution in [3.8, 4) is 5.75 Å². The van der Waals surface area contributed by atoms with Crippen molar-refractivity contribution < 1.29 is 23.1 Å². The second kappa shape index (κ2) is 5.72. The molecule has 0 amide bonds. The molecule has 8 nitrogen and oxygen atoms in total. The van der Waals surface area contributed by atoms with Crippen LogP contribution in [-0.2, 0) is 16.9 Å². The summed E-state index contributed by atoms with van der Waals surface area (Å²) in [6.45, 7) is 0.0136. The van der Waals surface area contributed by atoms with E-state index in [-0.39, 0.29) is 17.5 Å². The van der Waals surface area contributed by atoms with Crippen LogP contribution in [0.25, 0.3) is 10.9 Å². The third-order valence-corrected chi connectivity index (χ3v) is 8.57. The van der Waals surface area contributed by atoms with Crippen molar-refractivity contribution in [3.63, 3.8) is 0 Å². The van der Waals surface area contributed by atoms with Crippen molar-refractivity contribution in [1.82, 2.24) is 4.57 Å². The number of carbonyl (C=O) groups is 1. The van der Waals surface area contributed by atoms with Gasteiger partial charge in [0.05, 0.1) is 16.5 Å². The number of nitrogens with two attached hydrogens (primary N) is 1. The number of aromatic nitrogens is 1. The van der Waals surface area contributed by atoms with Crippen LogP contribution in [0, 0.1) is 0 Å². The third kappa shape index (κ3) is 2.60. The van der Waals surface area contributed by atoms with E-state index in [1.54, 1.807) is 18.2 Å². The molecular formula is C18H20N2O6S. The quantitative estimate of drug-likeness (QED) is 0.758. The smallest absolute Gasteiger partial charge is 0.343 e. The Labute approximate surface area is 155 Å². The maximum Gasteiger partial charge on any atom is 0.343 e. The largest absolute Gasteiger partial charge is 0.490 e. The van der Waals surface area contributed by atoms with Gasteiger partial charge in [0.1, 0.15) is 22.7 Å². The number of pyridine rings is 1. The summed E-state index contributed by atoms with van der Waals surface area (Å²) < 4.78 is 31.5. The predicted molar refractivity (Wildman–Crippen MR) is 100.0 cm³/mol. The van der Waals surface area contributed by atoms with Gasteiger partial charge in [0, 0.05) is 12.4 Å². The van der Waals surface area contributed by atoms with Gasteiger partial charge in [0.25, 0.3) is 5.56 Å². The van der Waals surface area contributed by atoms with Crippen LogP contribution in [0.4, 0.5) is 5.69 Å². The summed E-state index contributed by atoms with van der Waals surface area (Å²) in [6, 6.07) is 4.87. The van der Waals surface area contributed by atoms with E-state index in [4.69, 9.17) is 10.5 Å². The maximum absolute atomic E-state index is 12.6. The van der Waals surface area contributed by atoms with Gasteiger partial charge in [-0.05, 0) is 31.7 Å². The molecule has 1 aromatic heterocycles. The third-order valence-electron chi connectivity index (χ3n) is 5.49. The Hall–Kier alpha value is -2.55. The van der Waals surface area contributed by atoms with Gasteiger partial charge in [0.2, 0.25) is 0 Å². The van der Waals surface area contributed by atoms with E-state index in [0.29, 0.717) is 42.3 Å². The highest BCUT2D eigenvalue weighted by Gasteiger charge is 2.60. The van der Waals surface area contributed by atoms with Crippen LogP contribution in [0.15, 0.2) is 23.0 Å². The normalized spacial score (nSPS) is 18.4. The average Bonchev–Trinajstić information content (AvgIpc) is 3.50. The number of hydrogen-bond donors (Lipinski definition) is 2. The number of aryl methyl sites for hydroxylation is 1. The van der Waals surface area contributed by atoms with E-state index in [9.17, 15) is 23.1 Å². The average molecular weight is 392 g/mol. The summed E-state index contributed by atoms with van der Waals surface area (Å²) in [6.07, 6.45) is 2.56. The molecule has 2 saturated carbocycles. The molecule has 2 aliphatic rings. The number of benzene rings is 1. The molecule has 0 unspecified atom stereocenters. The van der Waals surface area contributed by atoms with Crippen LogP contribution in [0.1, 0.15) is 36.0 Å². The van der Waals surface area contributed by atoms with E-state index in [0.717, 1.165) is 0 Å². The van der Waals surface area contributed by atoms with Crippen molar-refractivity contribution in [1.29, 1.82) is 0 Å². The molecule has 9 heteroatoms. The number of nitrogens with zero attached hydrogens (tertiary/aromatic N) is 1. The van der Waals surface area contributed by atoms with Crippen molar-refractivity contribution in [3.05, 3.63) is 34.1 Å². The highest BCUT2D eigenvalue weighted by Crippen LogP contribution is 2.50. The fourth-order valence-electron chi connectivity index (χ4n) is 3.52. The number of anilines is 1. The Morgan fingerprint density at radius 2 is 2.04 bits per heavy atom. The first-order valence-corrected chi connectivity index (χ1v) is 10.2. The molecule has 27 heavy (non-hydrogen) atoms. The van der Waals surface area contributed by atoms with Crippen molar-refractivity contribution in [2.45, 2.75) is 35.7 Å². The molecule has 144 valence electrons. The molecule has 2 aromatic rings. The Balaban J connectivity index is 1.75. The summed E-state index contributed by atoms with van der Waals surface area (Å²) in [5.74, 6) is -1.08. The van der Waals surface area contributed by atoms with E-state index in [1.165, 1.54) is 11.6 Å². The van der Waals surface area contributed by atoms with Crippen molar-refractivity contribution >= 4 is 32.4 Å². The van der Waals surface area contributed by atoms with Crippen molar-refractivity contribution in [2.24, 2.45) is 7.05 Å². The number of fused-ring (bicyclic) bond motifs is 1. The molecule has 4 rings (SSSR count). The van der Waals surface area contributed by atoms with Crippen LogP contribution >= 0.6 is 0 Å². The number of aromatic carboxylic acids is 1. The summed E-state index contributed by atoms with van der Waals surface area (Å²) in [7, 11) is -1.78. The van der Waals surface area contributed by atoms with E-state index < -0.39 is 31.7 Å². The fourth-order valence-corrected chi connectivity index (χ4v) is 5.88. The SMILES string of the molecule is Cn1c(=O)c(C(=O)O)c(N)c2cccc(OCC3(S(=O)(=O)C4CC4)CC3)c21. The molecule has 3 N–H and O–H groups in total. The van der Waals surface area contributed by atoms with E-state index >= 15 is 0 Å². The molecule has 0 atom stereocenters. The minimum atomic E-state index is -3.22. The Kier molecular flexibility index (Phi) is 3.78. The molecular weight excluding hydrogens is 372 g/mol. The summed E-state index contributed by atoms with van der Waals surface area (Å²) >= 11 is 0. The van der Waals surface area contributed by atoms with Gasteiger partial charge in [-0.3, -0.25) is 4.79 Å². The number of nitrogen functional groups attached to an aromatic ring is 1. The van der Waals surface area contributed by atoms with Gasteiger partial charge < -0.3 is 20.1 Å². The van der Waals surface area contributed by atoms with Crippen LogP contribution in [0.2, 0.25) is 0 Å². The van der Waals surface area contributed by atoms with Gasteiger partial charge >= 0.3 is 5.97 Å². The van der Waals surface area contributed by atoms with Gasteiger partial charge in [-0.25, -0.2) is 13.2 Å². The van der Waals surface area contributed by atoms with Gasteiger partial charge in [-0.15, -0.1) is 0 Å². The monoisotopic (exact) mass is 392 g/mol. The Morgan fingerprint density at radius 1 is 1.37 bits per heavy atom. The highest BCUT2D eigenvalue weighted by molar-refractivity contribution is 7.94. The molecule has 1 aromatic carbocycles. The number of sulfone groups is 1. The summed E-state index contributed by atoms with van der Waals surface area (Å²) in [4.78, 5) is 23.8. The summed E-state index contributed by atoms with van der Waals surface area (Å²) in [5, 5.41) is 9.40. The zero-order chi connectivity index (χ0) is 19.6. The predicted octanol–water partition coefficient (Wildman–Crippen LogP) is 1.31. The van der Waals surface area contributed by atoms with E-state index in [1.807, 2.05) is 0 Å². The standard InChI is InChI=1S/C18H20N2O6S/c1-20-15-11(14(19)13(16(20)21)17(22)23)3-2-4-12(15)26-9-18(7-8-18)27(24,25)10-5-6-10/h2-4,10H,5-9,19H2,1H3,(H,22,23). The fraction of sp³-hybridized carbons (Fsp3) is 0.444. The van der Waals surface area contributed by atoms with Crippen LogP contribution in [-0.4, -0.2) is 40.7 Å². The molecule has 0 spiro atoms. The topological polar surface area (TPSA) is 129 Å². The second-order valence-electron chi connectivity index (χ2n) is 7.33. The van der Waals surface area contributed by atoms with Gasteiger partial charge in [-0.2, -0.15) is 0 Å². The zero-order valence-corrected chi connectivity index (χ0v) is 15.6. The molecule has 0 saturated heterocycles. The second-order valence-corrected chi connectivity index (χ2v) is 9.95. The first-order valence-electron chi connectivity index (χ1n) is 8.70. The van der Waals surface area contributed by atoms with Crippen LogP contribution in [0.3, 0.4) is 0 Å². The number of para-hydroxylation sites is 1. The molecule has 0 radical (unpaired) electrons. The lowest BCUT2D eigenvalue weighted by Gasteiger charge is -2.19. The lowest BCUT2D eigenvalue weighted by atomic mass is 10.1. The highest BCUT2D eigenvalue weighted by atomic mass is 32.2. The Morgan fingerprint density at radius 3 is 2.59 bits per heavy atom. The molecule has 0 bridgehead atoms. The number of ether oxygens (including phenoxy) is 1. The van der Waals surface area contributed by atoms with Gasteiger partial charge in [0.15, 0.2) is 9.84 Å². The van der Waals surface area contributed by atoms with Gasteiger partial charge in [-0.1, -0.05) is 12.1 Å². The van der Waals surface area contributed by atoms with E-state index in [2.05, 4.69) is 0 Å². The van der Waals surface area contributed by atoms with Crippen LogP contribution < -0.4 is 16.0 Å². The lowest BCUT2D eigenvalue weighted by Crippen LogP contribution is -2.33. The minimum absolute atomic E-state index is 0.0136. The first-order chi connectivity index (χ1) is 12.7. The molecule has 1 heterocycles. The minimum Gasteiger partial charge on any atom is -0.490 e. The molecule has 2 aliphatic carbocycles. The Bertz CT molecular complexity index is 1130. The number of hydrogen-bond acceptors (Lipinski definition) is 6. The first kappa shape index (κ1) is 17.8. The summed E-state index contributed by atoms with van der Waals surface area (Å²) in [5.41, 5.74) is 4.92. The number of rotatable bonds is 6. The maximum atomic E-state index is 12.6.